The Morgan fingerprint density at radius 1 is 1.26 bits per heavy atom. The number of hydrogen-bond acceptors (Lipinski definition) is 6. The molecule has 2 aromatic heterocycles. The average Bonchev–Trinajstić information content (AvgIpc) is 2.78. The van der Waals surface area contributed by atoms with Crippen LogP contribution in [0.15, 0.2) is 35.3 Å². The van der Waals surface area contributed by atoms with Crippen LogP contribution in [0.3, 0.4) is 0 Å². The molecule has 0 aliphatic heterocycles. The van der Waals surface area contributed by atoms with Crippen LogP contribution in [0.4, 0.5) is 4.39 Å². The Balaban J connectivity index is 2.33. The van der Waals surface area contributed by atoms with Crippen molar-refractivity contribution in [3.05, 3.63) is 68.2 Å². The van der Waals surface area contributed by atoms with Gasteiger partial charge in [-0.1, -0.05) is 44.5 Å². The highest BCUT2D eigenvalue weighted by Crippen LogP contribution is 2.34. The minimum Gasteiger partial charge on any atom is -0.477 e. The summed E-state index contributed by atoms with van der Waals surface area (Å²) in [6.45, 7) is 5.27. The van der Waals surface area contributed by atoms with Crippen LogP contribution in [-0.2, 0) is 6.42 Å². The predicted molar refractivity (Wildman–Crippen MR) is 130 cm³/mol. The summed E-state index contributed by atoms with van der Waals surface area (Å²) in [7, 11) is 0. The van der Waals surface area contributed by atoms with Gasteiger partial charge < -0.3 is 24.6 Å². The first-order valence-corrected chi connectivity index (χ1v) is 11.5. The Morgan fingerprint density at radius 2 is 1.97 bits per heavy atom. The highest BCUT2D eigenvalue weighted by Gasteiger charge is 2.29. The monoisotopic (exact) mass is 506 g/mol. The molecular weight excluding hydrogens is 479 g/mol. The number of carbonyl (C=O) groups is 1. The van der Waals surface area contributed by atoms with E-state index in [0.29, 0.717) is 12.0 Å². The van der Waals surface area contributed by atoms with E-state index in [4.69, 9.17) is 21.4 Å². The number of carboxylic acids is 1. The van der Waals surface area contributed by atoms with Crippen molar-refractivity contribution >= 4 is 28.6 Å². The van der Waals surface area contributed by atoms with E-state index in [1.165, 1.54) is 29.0 Å². The first-order chi connectivity index (χ1) is 16.5. The third kappa shape index (κ3) is 5.63. The van der Waals surface area contributed by atoms with Crippen LogP contribution in [0.5, 0.6) is 5.88 Å². The summed E-state index contributed by atoms with van der Waals surface area (Å²) >= 11 is 5.92. The van der Waals surface area contributed by atoms with E-state index < -0.39 is 34.2 Å². The van der Waals surface area contributed by atoms with E-state index in [-0.39, 0.29) is 53.7 Å². The largest absolute Gasteiger partial charge is 0.477 e. The number of carboxylic acid groups (broad SMARTS) is 1. The van der Waals surface area contributed by atoms with Gasteiger partial charge in [0.05, 0.1) is 29.7 Å². The molecule has 0 fully saturated rings. The highest BCUT2D eigenvalue weighted by atomic mass is 35.5. The van der Waals surface area contributed by atoms with Crippen molar-refractivity contribution < 1.29 is 29.2 Å². The number of rotatable bonds is 9. The van der Waals surface area contributed by atoms with E-state index in [1.807, 2.05) is 20.8 Å². The molecular formula is C25H28ClFN2O6. The van der Waals surface area contributed by atoms with Gasteiger partial charge in [0.1, 0.15) is 17.0 Å². The molecule has 0 radical (unpaired) electrons. The van der Waals surface area contributed by atoms with Crippen molar-refractivity contribution in [2.45, 2.75) is 39.7 Å². The SMILES string of the molecule is CC(C)(C)C(CO)n1cc(C(=O)O)c(=O)c2cc(Cc3cccc(Cl)c3F)c(OCCCO)nc21. The second-order valence-electron chi connectivity index (χ2n) is 9.29. The van der Waals surface area contributed by atoms with Crippen molar-refractivity contribution in [1.29, 1.82) is 0 Å². The third-order valence-corrected chi connectivity index (χ3v) is 6.03. The molecule has 8 nitrogen and oxygen atoms in total. The zero-order valence-electron chi connectivity index (χ0n) is 19.7. The molecule has 0 saturated heterocycles. The third-order valence-electron chi connectivity index (χ3n) is 5.74. The second-order valence-corrected chi connectivity index (χ2v) is 9.70. The van der Waals surface area contributed by atoms with Gasteiger partial charge in [-0.2, -0.15) is 4.98 Å². The van der Waals surface area contributed by atoms with Crippen molar-refractivity contribution in [1.82, 2.24) is 9.55 Å². The van der Waals surface area contributed by atoms with E-state index >= 15 is 0 Å². The normalized spacial score (nSPS) is 12.7. The number of aliphatic hydroxyl groups excluding tert-OH is 2. The van der Waals surface area contributed by atoms with Crippen LogP contribution in [-0.4, -0.2) is 50.7 Å². The van der Waals surface area contributed by atoms with Crippen molar-refractivity contribution in [3.63, 3.8) is 0 Å². The summed E-state index contributed by atoms with van der Waals surface area (Å²) in [5, 5.41) is 28.9. The van der Waals surface area contributed by atoms with Crippen LogP contribution < -0.4 is 10.2 Å². The standard InChI is InChI=1S/C25H28ClFN2O6/c1-25(2,3)19(13-31)29-12-17(24(33)34)21(32)16-11-15(10-14-6-4-7-18(26)20(14)27)23(28-22(16)29)35-9-5-8-30/h4,6-7,11-12,19,30-31H,5,8-10,13H2,1-3H3,(H,33,34). The maximum Gasteiger partial charge on any atom is 0.341 e. The number of aromatic nitrogens is 2. The molecule has 0 amide bonds. The van der Waals surface area contributed by atoms with Gasteiger partial charge in [-0.25, -0.2) is 9.18 Å². The summed E-state index contributed by atoms with van der Waals surface area (Å²) < 4.78 is 21.9. The van der Waals surface area contributed by atoms with Crippen LogP contribution in [0.2, 0.25) is 5.02 Å². The fourth-order valence-electron chi connectivity index (χ4n) is 3.84. The van der Waals surface area contributed by atoms with Crippen molar-refractivity contribution in [2.75, 3.05) is 19.8 Å². The van der Waals surface area contributed by atoms with Gasteiger partial charge in [-0.3, -0.25) is 4.79 Å². The lowest BCUT2D eigenvalue weighted by atomic mass is 9.86. The molecule has 3 aromatic rings. The number of halogens is 2. The molecule has 188 valence electrons. The van der Waals surface area contributed by atoms with E-state index in [1.54, 1.807) is 6.07 Å². The molecule has 0 bridgehead atoms. The molecule has 35 heavy (non-hydrogen) atoms. The molecule has 0 aliphatic rings. The summed E-state index contributed by atoms with van der Waals surface area (Å²) in [6, 6.07) is 5.37. The molecule has 1 atom stereocenters. The van der Waals surface area contributed by atoms with Gasteiger partial charge in [0, 0.05) is 31.2 Å². The molecule has 2 heterocycles. The molecule has 1 unspecified atom stereocenters. The number of benzene rings is 1. The Hall–Kier alpha value is -3.01. The minimum atomic E-state index is -1.41. The fraction of sp³-hybridized carbons (Fsp3) is 0.400. The van der Waals surface area contributed by atoms with Crippen LogP contribution in [0.25, 0.3) is 11.0 Å². The Morgan fingerprint density at radius 3 is 2.57 bits per heavy atom. The predicted octanol–water partition coefficient (Wildman–Crippen LogP) is 3.82. The topological polar surface area (TPSA) is 122 Å². The number of ether oxygens (including phenoxy) is 1. The first kappa shape index (κ1) is 26.6. The van der Waals surface area contributed by atoms with E-state index in [2.05, 4.69) is 4.98 Å². The van der Waals surface area contributed by atoms with Gasteiger partial charge in [0.2, 0.25) is 11.3 Å². The quantitative estimate of drug-likeness (QED) is 0.377. The minimum absolute atomic E-state index is 0.000422. The lowest BCUT2D eigenvalue weighted by Gasteiger charge is -2.32. The smallest absolute Gasteiger partial charge is 0.341 e. The van der Waals surface area contributed by atoms with Gasteiger partial charge in [0.25, 0.3) is 0 Å². The zero-order chi connectivity index (χ0) is 25.9. The number of nitrogens with zero attached hydrogens (tertiary/aromatic N) is 2. The lowest BCUT2D eigenvalue weighted by Crippen LogP contribution is -2.31. The van der Waals surface area contributed by atoms with Crippen LogP contribution in [0.1, 0.15) is 54.7 Å². The molecule has 3 rings (SSSR count). The van der Waals surface area contributed by atoms with Crippen molar-refractivity contribution in [2.24, 2.45) is 5.41 Å². The molecule has 0 aliphatic carbocycles. The van der Waals surface area contributed by atoms with Crippen LogP contribution >= 0.6 is 11.6 Å². The maximum atomic E-state index is 14.6. The number of fused-ring (bicyclic) bond motifs is 1. The number of aliphatic hydroxyl groups is 2. The summed E-state index contributed by atoms with van der Waals surface area (Å²) in [5.74, 6) is -1.94. The lowest BCUT2D eigenvalue weighted by molar-refractivity contribution is 0.0692. The highest BCUT2D eigenvalue weighted by molar-refractivity contribution is 6.30. The number of aromatic carboxylic acids is 1. The van der Waals surface area contributed by atoms with Gasteiger partial charge in [-0.05, 0) is 23.1 Å². The maximum absolute atomic E-state index is 14.6. The average molecular weight is 507 g/mol. The first-order valence-electron chi connectivity index (χ1n) is 11.1. The van der Waals surface area contributed by atoms with Crippen molar-refractivity contribution in [3.8, 4) is 5.88 Å². The summed E-state index contributed by atoms with van der Waals surface area (Å²) in [5.41, 5.74) is -1.03. The van der Waals surface area contributed by atoms with Gasteiger partial charge in [-0.15, -0.1) is 0 Å². The van der Waals surface area contributed by atoms with Gasteiger partial charge >= 0.3 is 5.97 Å². The summed E-state index contributed by atoms with van der Waals surface area (Å²) in [6.07, 6.45) is 1.47. The van der Waals surface area contributed by atoms with E-state index in [9.17, 15) is 24.2 Å². The number of hydrogen-bond donors (Lipinski definition) is 3. The second kappa shape index (κ2) is 10.7. The van der Waals surface area contributed by atoms with E-state index in [0.717, 1.165) is 0 Å². The molecule has 10 heteroatoms. The molecule has 0 spiro atoms. The number of pyridine rings is 2. The van der Waals surface area contributed by atoms with Gasteiger partial charge in [0.15, 0.2) is 0 Å². The Kier molecular flexibility index (Phi) is 8.15. The molecule has 1 aromatic carbocycles. The molecule has 3 N–H and O–H groups in total. The Labute approximate surface area is 206 Å². The summed E-state index contributed by atoms with van der Waals surface area (Å²) in [4.78, 5) is 29.5. The molecule has 0 saturated carbocycles. The van der Waals surface area contributed by atoms with Crippen LogP contribution in [0, 0.1) is 11.2 Å². The zero-order valence-corrected chi connectivity index (χ0v) is 20.5. The Bertz CT molecular complexity index is 1300. The fourth-order valence-corrected chi connectivity index (χ4v) is 4.03.